The van der Waals surface area contributed by atoms with Gasteiger partial charge in [-0.25, -0.2) is 4.39 Å². The van der Waals surface area contributed by atoms with Crippen molar-refractivity contribution >= 4 is 52.5 Å². The van der Waals surface area contributed by atoms with Gasteiger partial charge >= 0.3 is 0 Å². The highest BCUT2D eigenvalue weighted by Gasteiger charge is 2.09. The van der Waals surface area contributed by atoms with E-state index in [1.165, 1.54) is 23.9 Å². The molecule has 0 spiro atoms. The third-order valence-corrected chi connectivity index (χ3v) is 4.69. The van der Waals surface area contributed by atoms with Crippen molar-refractivity contribution in [1.29, 1.82) is 0 Å². The number of thioether (sulfide) groups is 1. The minimum atomic E-state index is -0.417. The number of halogens is 3. The predicted molar refractivity (Wildman–Crippen MR) is 99.8 cm³/mol. The molecule has 2 aromatic rings. The molecule has 0 saturated carbocycles. The molecule has 0 radical (unpaired) electrons. The summed E-state index contributed by atoms with van der Waals surface area (Å²) < 4.78 is 13.4. The van der Waals surface area contributed by atoms with Crippen LogP contribution in [0.15, 0.2) is 47.4 Å². The van der Waals surface area contributed by atoms with Gasteiger partial charge in [0.15, 0.2) is 0 Å². The monoisotopic (exact) mass is 400 g/mol. The van der Waals surface area contributed by atoms with Crippen LogP contribution in [0.5, 0.6) is 0 Å². The smallest absolute Gasteiger partial charge is 0.243 e. The second kappa shape index (κ2) is 9.65. The van der Waals surface area contributed by atoms with Gasteiger partial charge < -0.3 is 10.6 Å². The van der Waals surface area contributed by atoms with Gasteiger partial charge in [0.2, 0.25) is 11.8 Å². The van der Waals surface area contributed by atoms with Crippen molar-refractivity contribution < 1.29 is 14.0 Å². The summed E-state index contributed by atoms with van der Waals surface area (Å²) in [6.07, 6.45) is 0.171. The Bertz CT molecular complexity index is 774. The van der Waals surface area contributed by atoms with Crippen LogP contribution in [-0.2, 0) is 9.59 Å². The number of carbonyl (C=O) groups excluding carboxylic acids is 2. The number of hydrogen-bond acceptors (Lipinski definition) is 3. The predicted octanol–water partition coefficient (Wildman–Crippen LogP) is 4.37. The number of amides is 2. The SMILES string of the molecule is O=C(CCSc1ccccc1F)NCC(=O)Nc1cc(Cl)ccc1Cl. The summed E-state index contributed by atoms with van der Waals surface area (Å²) in [7, 11) is 0. The molecule has 2 N–H and O–H groups in total. The highest BCUT2D eigenvalue weighted by atomic mass is 35.5. The minimum Gasteiger partial charge on any atom is -0.347 e. The lowest BCUT2D eigenvalue weighted by atomic mass is 10.3. The van der Waals surface area contributed by atoms with Gasteiger partial charge in [0.1, 0.15) is 5.82 Å². The highest BCUT2D eigenvalue weighted by molar-refractivity contribution is 7.99. The zero-order chi connectivity index (χ0) is 18.2. The van der Waals surface area contributed by atoms with Gasteiger partial charge in [-0.2, -0.15) is 0 Å². The summed E-state index contributed by atoms with van der Waals surface area (Å²) in [6.45, 7) is -0.188. The first-order valence-corrected chi connectivity index (χ1v) is 9.09. The maximum atomic E-state index is 13.4. The van der Waals surface area contributed by atoms with Crippen LogP contribution in [0.2, 0.25) is 10.0 Å². The van der Waals surface area contributed by atoms with E-state index in [-0.39, 0.29) is 24.7 Å². The van der Waals surface area contributed by atoms with E-state index in [4.69, 9.17) is 23.2 Å². The number of anilines is 1. The van der Waals surface area contributed by atoms with Crippen LogP contribution in [0.3, 0.4) is 0 Å². The lowest BCUT2D eigenvalue weighted by Gasteiger charge is -2.09. The van der Waals surface area contributed by atoms with E-state index in [1.807, 2.05) is 0 Å². The van der Waals surface area contributed by atoms with E-state index < -0.39 is 5.91 Å². The number of nitrogens with one attached hydrogen (secondary N) is 2. The summed E-state index contributed by atoms with van der Waals surface area (Å²) in [4.78, 5) is 24.1. The van der Waals surface area contributed by atoms with Crippen molar-refractivity contribution in [3.05, 3.63) is 58.3 Å². The van der Waals surface area contributed by atoms with Gasteiger partial charge in [-0.05, 0) is 30.3 Å². The molecule has 0 bridgehead atoms. The molecule has 25 heavy (non-hydrogen) atoms. The van der Waals surface area contributed by atoms with E-state index >= 15 is 0 Å². The highest BCUT2D eigenvalue weighted by Crippen LogP contribution is 2.25. The molecule has 2 rings (SSSR count). The molecule has 4 nitrogen and oxygen atoms in total. The fourth-order valence-corrected chi connectivity index (χ4v) is 3.10. The average Bonchev–Trinajstić information content (AvgIpc) is 2.58. The minimum absolute atomic E-state index is 0.171. The van der Waals surface area contributed by atoms with E-state index in [0.29, 0.717) is 26.4 Å². The fraction of sp³-hybridized carbons (Fsp3) is 0.176. The number of benzene rings is 2. The molecule has 0 fully saturated rings. The fourth-order valence-electron chi connectivity index (χ4n) is 1.87. The summed E-state index contributed by atoms with van der Waals surface area (Å²) in [6, 6.07) is 11.1. The Labute approximate surface area is 159 Å². The second-order valence-electron chi connectivity index (χ2n) is 4.98. The Balaban J connectivity index is 1.71. The molecule has 0 aliphatic rings. The van der Waals surface area contributed by atoms with Crippen molar-refractivity contribution in [3.8, 4) is 0 Å². The van der Waals surface area contributed by atoms with Crippen LogP contribution in [0.25, 0.3) is 0 Å². The van der Waals surface area contributed by atoms with Gasteiger partial charge in [-0.3, -0.25) is 9.59 Å². The third-order valence-electron chi connectivity index (χ3n) is 3.07. The Morgan fingerprint density at radius 1 is 1.08 bits per heavy atom. The molecule has 0 heterocycles. The van der Waals surface area contributed by atoms with Crippen molar-refractivity contribution in [2.24, 2.45) is 0 Å². The first-order valence-electron chi connectivity index (χ1n) is 7.34. The molecular formula is C17H15Cl2FN2O2S. The molecule has 0 aromatic heterocycles. The number of hydrogen-bond donors (Lipinski definition) is 2. The zero-order valence-corrected chi connectivity index (χ0v) is 15.3. The van der Waals surface area contributed by atoms with Crippen molar-refractivity contribution in [1.82, 2.24) is 5.32 Å². The average molecular weight is 401 g/mol. The topological polar surface area (TPSA) is 58.2 Å². The number of rotatable bonds is 7. The molecule has 8 heteroatoms. The van der Waals surface area contributed by atoms with E-state index in [2.05, 4.69) is 10.6 Å². The first-order chi connectivity index (χ1) is 12.0. The van der Waals surface area contributed by atoms with Crippen LogP contribution in [0.4, 0.5) is 10.1 Å². The number of carbonyl (C=O) groups is 2. The Morgan fingerprint density at radius 3 is 2.60 bits per heavy atom. The molecule has 0 saturated heterocycles. The normalized spacial score (nSPS) is 10.4. The van der Waals surface area contributed by atoms with Crippen LogP contribution < -0.4 is 10.6 Å². The van der Waals surface area contributed by atoms with Gasteiger partial charge in [-0.1, -0.05) is 35.3 Å². The molecule has 2 aromatic carbocycles. The van der Waals surface area contributed by atoms with Crippen LogP contribution in [0.1, 0.15) is 6.42 Å². The summed E-state index contributed by atoms with van der Waals surface area (Å²) in [5, 5.41) is 5.87. The first kappa shape index (κ1) is 19.6. The Kier molecular flexibility index (Phi) is 7.55. The molecule has 0 atom stereocenters. The molecule has 2 amide bonds. The molecule has 0 unspecified atom stereocenters. The Hall–Kier alpha value is -1.76. The molecule has 132 valence electrons. The van der Waals surface area contributed by atoms with Crippen molar-refractivity contribution in [2.45, 2.75) is 11.3 Å². The standard InChI is InChI=1S/C17H15Cl2FN2O2S/c18-11-5-6-12(19)14(9-11)22-17(24)10-21-16(23)7-8-25-15-4-2-1-3-13(15)20/h1-6,9H,7-8,10H2,(H,21,23)(H,22,24). The van der Waals surface area contributed by atoms with Gasteiger partial charge in [0.05, 0.1) is 17.3 Å². The van der Waals surface area contributed by atoms with E-state index in [1.54, 1.807) is 30.3 Å². The van der Waals surface area contributed by atoms with Crippen molar-refractivity contribution in [3.63, 3.8) is 0 Å². The maximum absolute atomic E-state index is 13.4. The lowest BCUT2D eigenvalue weighted by Crippen LogP contribution is -2.33. The van der Waals surface area contributed by atoms with Crippen LogP contribution >= 0.6 is 35.0 Å². The van der Waals surface area contributed by atoms with Gasteiger partial charge in [0.25, 0.3) is 0 Å². The van der Waals surface area contributed by atoms with E-state index in [0.717, 1.165) is 0 Å². The largest absolute Gasteiger partial charge is 0.347 e. The van der Waals surface area contributed by atoms with Gasteiger partial charge in [0, 0.05) is 22.1 Å². The summed E-state index contributed by atoms with van der Waals surface area (Å²) >= 11 is 13.0. The second-order valence-corrected chi connectivity index (χ2v) is 6.96. The van der Waals surface area contributed by atoms with Gasteiger partial charge in [-0.15, -0.1) is 11.8 Å². The molecule has 0 aliphatic heterocycles. The zero-order valence-electron chi connectivity index (χ0n) is 13.0. The summed E-state index contributed by atoms with van der Waals surface area (Å²) in [5.41, 5.74) is 0.378. The van der Waals surface area contributed by atoms with Crippen LogP contribution in [0, 0.1) is 5.82 Å². The van der Waals surface area contributed by atoms with Crippen LogP contribution in [-0.4, -0.2) is 24.1 Å². The lowest BCUT2D eigenvalue weighted by molar-refractivity contribution is -0.123. The Morgan fingerprint density at radius 2 is 1.84 bits per heavy atom. The van der Waals surface area contributed by atoms with E-state index in [9.17, 15) is 14.0 Å². The molecule has 0 aliphatic carbocycles. The van der Waals surface area contributed by atoms with Crippen molar-refractivity contribution in [2.75, 3.05) is 17.6 Å². The quantitative estimate of drug-likeness (QED) is 0.678. The maximum Gasteiger partial charge on any atom is 0.243 e. The molecular weight excluding hydrogens is 386 g/mol. The third kappa shape index (κ3) is 6.57. The summed E-state index contributed by atoms with van der Waals surface area (Å²) in [5.74, 6) is -0.616.